The number of hydrogen-bond acceptors (Lipinski definition) is 5. The van der Waals surface area contributed by atoms with Crippen LogP contribution < -0.4 is 10.1 Å². The average Bonchev–Trinajstić information content (AvgIpc) is 2.84. The molecule has 0 aliphatic rings. The molecule has 0 bridgehead atoms. The summed E-state index contributed by atoms with van der Waals surface area (Å²) in [6, 6.07) is 8.60. The first-order valence-corrected chi connectivity index (χ1v) is 5.53. The van der Waals surface area contributed by atoms with Gasteiger partial charge in [0.2, 0.25) is 0 Å². The minimum atomic E-state index is -0.288. The summed E-state index contributed by atoms with van der Waals surface area (Å²) < 4.78 is 9.93. The van der Waals surface area contributed by atoms with Gasteiger partial charge in [0.1, 0.15) is 23.1 Å². The maximum absolute atomic E-state index is 11.9. The van der Waals surface area contributed by atoms with Gasteiger partial charge in [0.15, 0.2) is 6.61 Å². The topological polar surface area (TPSA) is 88.2 Å². The summed E-state index contributed by atoms with van der Waals surface area (Å²) in [7, 11) is 0. The minimum Gasteiger partial charge on any atom is -0.479 e. The van der Waals surface area contributed by atoms with Crippen LogP contribution in [0.15, 0.2) is 35.0 Å². The van der Waals surface area contributed by atoms with E-state index in [1.165, 1.54) is 6.20 Å². The van der Waals surface area contributed by atoms with E-state index in [-0.39, 0.29) is 12.5 Å². The lowest BCUT2D eigenvalue weighted by atomic mass is 10.2. The Balaban J connectivity index is 2.02. The van der Waals surface area contributed by atoms with Gasteiger partial charge < -0.3 is 14.6 Å². The molecule has 0 aliphatic carbocycles. The van der Waals surface area contributed by atoms with Gasteiger partial charge in [0.25, 0.3) is 5.91 Å². The summed E-state index contributed by atoms with van der Waals surface area (Å²) in [5.41, 5.74) is 1.01. The molecule has 96 valence electrons. The summed E-state index contributed by atoms with van der Waals surface area (Å²) in [6.07, 6.45) is 1.37. The van der Waals surface area contributed by atoms with E-state index in [0.29, 0.717) is 22.8 Å². The quantitative estimate of drug-likeness (QED) is 0.906. The van der Waals surface area contributed by atoms with Crippen LogP contribution in [0, 0.1) is 18.3 Å². The van der Waals surface area contributed by atoms with E-state index in [2.05, 4.69) is 10.5 Å². The van der Waals surface area contributed by atoms with Crippen molar-refractivity contribution >= 4 is 11.6 Å². The summed E-state index contributed by atoms with van der Waals surface area (Å²) >= 11 is 0. The Kier molecular flexibility index (Phi) is 3.78. The molecule has 6 nitrogen and oxygen atoms in total. The molecule has 0 fully saturated rings. The van der Waals surface area contributed by atoms with Gasteiger partial charge in [-0.3, -0.25) is 4.79 Å². The Labute approximate surface area is 109 Å². The summed E-state index contributed by atoms with van der Waals surface area (Å²) in [5.74, 6) is 0.747. The number of carbonyl (C=O) groups is 1. The predicted octanol–water partition coefficient (Wildman–Crippen LogP) is 2.14. The van der Waals surface area contributed by atoms with E-state index in [0.717, 1.165) is 0 Å². The number of aryl methyl sites for hydroxylation is 1. The van der Waals surface area contributed by atoms with Crippen LogP contribution in [0.1, 0.15) is 16.1 Å². The molecule has 0 saturated carbocycles. The number of hydrogen-bond donors (Lipinski definition) is 1. The molecule has 0 radical (unpaired) electrons. The van der Waals surface area contributed by atoms with Crippen LogP contribution in [0.4, 0.5) is 5.69 Å². The molecule has 1 amide bonds. The van der Waals surface area contributed by atoms with Crippen LogP contribution in [0.5, 0.6) is 5.75 Å². The fourth-order valence-corrected chi connectivity index (χ4v) is 1.47. The number of carbonyl (C=O) groups excluding carboxylic acids is 1. The molecular formula is C13H11N3O3. The van der Waals surface area contributed by atoms with Gasteiger partial charge in [0, 0.05) is 5.69 Å². The van der Waals surface area contributed by atoms with E-state index in [9.17, 15) is 4.79 Å². The second-order valence-corrected chi connectivity index (χ2v) is 3.72. The Hall–Kier alpha value is -2.81. The molecule has 2 aromatic rings. The lowest BCUT2D eigenvalue weighted by Crippen LogP contribution is -2.12. The number of amides is 1. The molecule has 6 heteroatoms. The van der Waals surface area contributed by atoms with Crippen LogP contribution in [0.3, 0.4) is 0 Å². The Bertz CT molecular complexity index is 611. The number of benzene rings is 1. The van der Waals surface area contributed by atoms with Crippen molar-refractivity contribution in [1.29, 1.82) is 5.26 Å². The zero-order valence-electron chi connectivity index (χ0n) is 10.2. The maximum atomic E-state index is 11.9. The second-order valence-electron chi connectivity index (χ2n) is 3.72. The number of ether oxygens (including phenoxy) is 1. The number of anilines is 1. The fraction of sp³-hybridized carbons (Fsp3) is 0.154. The highest BCUT2D eigenvalue weighted by molar-refractivity contribution is 6.04. The third-order valence-electron chi connectivity index (χ3n) is 2.41. The van der Waals surface area contributed by atoms with Crippen molar-refractivity contribution in [2.45, 2.75) is 6.92 Å². The fourth-order valence-electron chi connectivity index (χ4n) is 1.47. The first-order chi connectivity index (χ1) is 9.20. The van der Waals surface area contributed by atoms with Crippen molar-refractivity contribution in [3.8, 4) is 11.8 Å². The van der Waals surface area contributed by atoms with Crippen molar-refractivity contribution in [3.05, 3.63) is 41.8 Å². The Morgan fingerprint density at radius 1 is 1.47 bits per heavy atom. The molecule has 0 saturated heterocycles. The number of aromatic nitrogens is 1. The lowest BCUT2D eigenvalue weighted by molar-refractivity contribution is 0.102. The standard InChI is InChI=1S/C13H11N3O3/c1-9-12(8-15-19-9)13(17)16-10-2-4-11(5-3-10)18-7-6-14/h2-5,8H,7H2,1H3,(H,16,17). The van der Waals surface area contributed by atoms with Crippen molar-refractivity contribution in [3.63, 3.8) is 0 Å². The molecule has 1 heterocycles. The third-order valence-corrected chi connectivity index (χ3v) is 2.41. The van der Waals surface area contributed by atoms with Gasteiger partial charge in [-0.15, -0.1) is 0 Å². The first kappa shape index (κ1) is 12.6. The normalized spacial score (nSPS) is 9.68. The zero-order chi connectivity index (χ0) is 13.7. The van der Waals surface area contributed by atoms with Crippen molar-refractivity contribution in [2.75, 3.05) is 11.9 Å². The van der Waals surface area contributed by atoms with Crippen LogP contribution >= 0.6 is 0 Å². The SMILES string of the molecule is Cc1oncc1C(=O)Nc1ccc(OCC#N)cc1. The molecule has 2 rings (SSSR count). The number of nitriles is 1. The molecule has 1 N–H and O–H groups in total. The predicted molar refractivity (Wildman–Crippen MR) is 66.7 cm³/mol. The molecule has 0 unspecified atom stereocenters. The third kappa shape index (κ3) is 3.10. The van der Waals surface area contributed by atoms with E-state index < -0.39 is 0 Å². The monoisotopic (exact) mass is 257 g/mol. The van der Waals surface area contributed by atoms with Crippen molar-refractivity contribution in [2.24, 2.45) is 0 Å². The zero-order valence-corrected chi connectivity index (χ0v) is 10.2. The van der Waals surface area contributed by atoms with E-state index >= 15 is 0 Å². The van der Waals surface area contributed by atoms with Crippen LogP contribution in [-0.2, 0) is 0 Å². The van der Waals surface area contributed by atoms with Crippen LogP contribution in [0.25, 0.3) is 0 Å². The molecule has 19 heavy (non-hydrogen) atoms. The van der Waals surface area contributed by atoms with Gasteiger partial charge in [-0.25, -0.2) is 0 Å². The molecular weight excluding hydrogens is 246 g/mol. The van der Waals surface area contributed by atoms with Crippen LogP contribution in [0.2, 0.25) is 0 Å². The minimum absolute atomic E-state index is 0.00834. The Morgan fingerprint density at radius 3 is 2.79 bits per heavy atom. The van der Waals surface area contributed by atoms with E-state index in [1.54, 1.807) is 31.2 Å². The summed E-state index contributed by atoms with van der Waals surface area (Å²) in [6.45, 7) is 1.66. The highest BCUT2D eigenvalue weighted by Gasteiger charge is 2.12. The van der Waals surface area contributed by atoms with Gasteiger partial charge in [-0.05, 0) is 31.2 Å². The molecule has 0 atom stereocenters. The van der Waals surface area contributed by atoms with Gasteiger partial charge >= 0.3 is 0 Å². The number of nitrogens with zero attached hydrogens (tertiary/aromatic N) is 2. The van der Waals surface area contributed by atoms with Crippen LogP contribution in [-0.4, -0.2) is 17.7 Å². The molecule has 0 aliphatic heterocycles. The molecule has 1 aromatic carbocycles. The number of nitrogens with one attached hydrogen (secondary N) is 1. The van der Waals surface area contributed by atoms with Crippen molar-refractivity contribution in [1.82, 2.24) is 5.16 Å². The highest BCUT2D eigenvalue weighted by atomic mass is 16.5. The van der Waals surface area contributed by atoms with Crippen molar-refractivity contribution < 1.29 is 14.1 Å². The van der Waals surface area contributed by atoms with E-state index in [4.69, 9.17) is 14.5 Å². The van der Waals surface area contributed by atoms with Gasteiger partial charge in [0.05, 0.1) is 6.20 Å². The number of rotatable bonds is 4. The second kappa shape index (κ2) is 5.69. The largest absolute Gasteiger partial charge is 0.479 e. The van der Waals surface area contributed by atoms with Gasteiger partial charge in [-0.1, -0.05) is 5.16 Å². The maximum Gasteiger partial charge on any atom is 0.260 e. The first-order valence-electron chi connectivity index (χ1n) is 5.53. The molecule has 0 spiro atoms. The lowest BCUT2D eigenvalue weighted by Gasteiger charge is -2.05. The molecule has 1 aromatic heterocycles. The van der Waals surface area contributed by atoms with E-state index in [1.807, 2.05) is 6.07 Å². The smallest absolute Gasteiger partial charge is 0.260 e. The summed E-state index contributed by atoms with van der Waals surface area (Å²) in [5, 5.41) is 14.6. The summed E-state index contributed by atoms with van der Waals surface area (Å²) in [4.78, 5) is 11.9. The highest BCUT2D eigenvalue weighted by Crippen LogP contribution is 2.17. The Morgan fingerprint density at radius 2 is 2.21 bits per heavy atom. The average molecular weight is 257 g/mol. The van der Waals surface area contributed by atoms with Gasteiger partial charge in [-0.2, -0.15) is 5.26 Å².